The molecule has 0 amide bonds. The van der Waals surface area contributed by atoms with E-state index in [1.54, 1.807) is 7.11 Å². The fourth-order valence-corrected chi connectivity index (χ4v) is 1.61. The summed E-state index contributed by atoms with van der Waals surface area (Å²) >= 11 is 0. The van der Waals surface area contributed by atoms with Crippen LogP contribution in [0.1, 0.15) is 27.7 Å². The molecule has 0 aliphatic carbocycles. The number of hydrogen-bond donors (Lipinski definition) is 5. The van der Waals surface area contributed by atoms with E-state index in [-0.39, 0.29) is 18.9 Å². The molecule has 16 heavy (non-hydrogen) atoms. The second kappa shape index (κ2) is 6.48. The molecule has 5 N–H and O–H groups in total. The van der Waals surface area contributed by atoms with Gasteiger partial charge in [-0.1, -0.05) is 0 Å². The molecule has 1 aliphatic heterocycles. The first-order valence-corrected chi connectivity index (χ1v) is 5.84. The Balaban J connectivity index is 2.47. The van der Waals surface area contributed by atoms with E-state index in [0.717, 1.165) is 0 Å². The van der Waals surface area contributed by atoms with E-state index in [1.807, 2.05) is 0 Å². The number of nitrogens with one attached hydrogen (secondary N) is 5. The zero-order valence-electron chi connectivity index (χ0n) is 10.8. The van der Waals surface area contributed by atoms with E-state index < -0.39 is 0 Å². The minimum absolute atomic E-state index is 0.0300. The number of hydrogen-bond acceptors (Lipinski definition) is 6. The van der Waals surface area contributed by atoms with Crippen molar-refractivity contribution in [1.29, 1.82) is 0 Å². The minimum atomic E-state index is -0.159. The molecule has 1 saturated heterocycles. The highest BCUT2D eigenvalue weighted by Crippen LogP contribution is 1.94. The van der Waals surface area contributed by atoms with Gasteiger partial charge in [0.1, 0.15) is 12.6 Å². The molecular formula is C10H25N5O. The standard InChI is InChI=1S/C10H25N5O/c1-6(2)11-8-13-9(12-7(3)4)15-10(14-8)16-5/h6-15H,1-5H3. The van der Waals surface area contributed by atoms with Crippen LogP contribution in [-0.4, -0.2) is 38.1 Å². The molecule has 0 saturated carbocycles. The first kappa shape index (κ1) is 13.8. The molecule has 2 unspecified atom stereocenters. The van der Waals surface area contributed by atoms with Crippen LogP contribution in [0.25, 0.3) is 0 Å². The van der Waals surface area contributed by atoms with Crippen molar-refractivity contribution in [2.75, 3.05) is 7.11 Å². The number of rotatable bonds is 5. The third-order valence-electron chi connectivity index (χ3n) is 2.21. The summed E-state index contributed by atoms with van der Waals surface area (Å²) in [5.41, 5.74) is 0. The normalized spacial score (nSPS) is 31.3. The largest absolute Gasteiger partial charge is 0.353 e. The Hall–Kier alpha value is -0.240. The first-order chi connectivity index (χ1) is 7.51. The van der Waals surface area contributed by atoms with Crippen LogP contribution in [0.15, 0.2) is 0 Å². The Bertz CT molecular complexity index is 182. The third-order valence-corrected chi connectivity index (χ3v) is 2.21. The minimum Gasteiger partial charge on any atom is -0.353 e. The van der Waals surface area contributed by atoms with Crippen molar-refractivity contribution < 1.29 is 4.74 Å². The lowest BCUT2D eigenvalue weighted by atomic mass is 10.4. The summed E-state index contributed by atoms with van der Waals surface area (Å²) in [6.07, 6.45) is -0.0985. The predicted octanol–water partition coefficient (Wildman–Crippen LogP) is -0.738. The SMILES string of the molecule is COC1NC(NC(C)C)NC(NC(C)C)N1. The summed E-state index contributed by atoms with van der Waals surface area (Å²) in [4.78, 5) is 0. The quantitative estimate of drug-likeness (QED) is 0.429. The maximum atomic E-state index is 5.27. The van der Waals surface area contributed by atoms with Crippen molar-refractivity contribution >= 4 is 0 Å². The molecular weight excluding hydrogens is 206 g/mol. The Labute approximate surface area is 97.9 Å². The topological polar surface area (TPSA) is 69.4 Å². The van der Waals surface area contributed by atoms with Gasteiger partial charge in [0.15, 0.2) is 6.35 Å². The lowest BCUT2D eigenvalue weighted by Crippen LogP contribution is -2.75. The molecule has 1 heterocycles. The van der Waals surface area contributed by atoms with Crippen LogP contribution in [0.5, 0.6) is 0 Å². The molecule has 0 bridgehead atoms. The molecule has 0 aromatic rings. The van der Waals surface area contributed by atoms with Gasteiger partial charge in [0, 0.05) is 19.2 Å². The Morgan fingerprint density at radius 2 is 1.31 bits per heavy atom. The van der Waals surface area contributed by atoms with Crippen LogP contribution in [0.3, 0.4) is 0 Å². The van der Waals surface area contributed by atoms with E-state index in [4.69, 9.17) is 4.74 Å². The molecule has 6 nitrogen and oxygen atoms in total. The van der Waals surface area contributed by atoms with Crippen LogP contribution in [0, 0.1) is 0 Å². The molecule has 6 heteroatoms. The molecule has 96 valence electrons. The molecule has 0 aromatic carbocycles. The molecule has 1 aliphatic rings. The van der Waals surface area contributed by atoms with Crippen molar-refractivity contribution in [3.05, 3.63) is 0 Å². The van der Waals surface area contributed by atoms with Crippen molar-refractivity contribution in [3.63, 3.8) is 0 Å². The van der Waals surface area contributed by atoms with Crippen LogP contribution in [-0.2, 0) is 4.74 Å². The van der Waals surface area contributed by atoms with E-state index in [2.05, 4.69) is 54.3 Å². The van der Waals surface area contributed by atoms with Crippen LogP contribution in [0.4, 0.5) is 0 Å². The van der Waals surface area contributed by atoms with Crippen LogP contribution < -0.4 is 26.6 Å². The van der Waals surface area contributed by atoms with E-state index in [9.17, 15) is 0 Å². The summed E-state index contributed by atoms with van der Waals surface area (Å²) in [6, 6.07) is 0.806. The number of ether oxygens (including phenoxy) is 1. The average Bonchev–Trinajstić information content (AvgIpc) is 2.14. The van der Waals surface area contributed by atoms with Gasteiger partial charge in [-0.3, -0.25) is 26.6 Å². The van der Waals surface area contributed by atoms with Crippen molar-refractivity contribution in [2.24, 2.45) is 0 Å². The van der Waals surface area contributed by atoms with Crippen molar-refractivity contribution in [3.8, 4) is 0 Å². The maximum Gasteiger partial charge on any atom is 0.167 e. The Morgan fingerprint density at radius 3 is 1.62 bits per heavy atom. The number of methoxy groups -OCH3 is 1. The average molecular weight is 231 g/mol. The highest BCUT2D eigenvalue weighted by molar-refractivity contribution is 4.78. The molecule has 0 radical (unpaired) electrons. The summed E-state index contributed by atoms with van der Waals surface area (Å²) in [5, 5.41) is 16.6. The highest BCUT2D eigenvalue weighted by Gasteiger charge is 2.26. The molecule has 0 aromatic heterocycles. The van der Waals surface area contributed by atoms with E-state index in [1.165, 1.54) is 0 Å². The fourth-order valence-electron chi connectivity index (χ4n) is 1.61. The summed E-state index contributed by atoms with van der Waals surface area (Å²) < 4.78 is 5.27. The van der Waals surface area contributed by atoms with Gasteiger partial charge in [-0.05, 0) is 27.7 Å². The van der Waals surface area contributed by atoms with Gasteiger partial charge in [0.05, 0.1) is 0 Å². The van der Waals surface area contributed by atoms with E-state index >= 15 is 0 Å². The molecule has 1 fully saturated rings. The second-order valence-corrected chi connectivity index (χ2v) is 4.62. The fraction of sp³-hybridized carbons (Fsp3) is 1.00. The van der Waals surface area contributed by atoms with Gasteiger partial charge < -0.3 is 4.74 Å². The molecule has 0 spiro atoms. The predicted molar refractivity (Wildman–Crippen MR) is 64.3 cm³/mol. The van der Waals surface area contributed by atoms with Gasteiger partial charge >= 0.3 is 0 Å². The smallest absolute Gasteiger partial charge is 0.167 e. The van der Waals surface area contributed by atoms with E-state index in [0.29, 0.717) is 12.1 Å². The highest BCUT2D eigenvalue weighted by atomic mass is 16.5. The molecule has 2 atom stereocenters. The zero-order valence-corrected chi connectivity index (χ0v) is 10.8. The van der Waals surface area contributed by atoms with Gasteiger partial charge in [-0.15, -0.1) is 0 Å². The van der Waals surface area contributed by atoms with Crippen molar-refractivity contribution in [2.45, 2.75) is 58.7 Å². The van der Waals surface area contributed by atoms with Crippen LogP contribution >= 0.6 is 0 Å². The summed E-state index contributed by atoms with van der Waals surface area (Å²) in [7, 11) is 1.68. The zero-order chi connectivity index (χ0) is 12.1. The third kappa shape index (κ3) is 4.73. The maximum absolute atomic E-state index is 5.27. The molecule has 1 rings (SSSR count). The second-order valence-electron chi connectivity index (χ2n) is 4.62. The van der Waals surface area contributed by atoms with Gasteiger partial charge in [-0.25, -0.2) is 0 Å². The Morgan fingerprint density at radius 1 is 0.875 bits per heavy atom. The Kier molecular flexibility index (Phi) is 5.60. The van der Waals surface area contributed by atoms with Crippen LogP contribution in [0.2, 0.25) is 0 Å². The van der Waals surface area contributed by atoms with Gasteiger partial charge in [0.25, 0.3) is 0 Å². The lowest BCUT2D eigenvalue weighted by molar-refractivity contribution is -0.0247. The lowest BCUT2D eigenvalue weighted by Gasteiger charge is -2.39. The van der Waals surface area contributed by atoms with Gasteiger partial charge in [-0.2, -0.15) is 0 Å². The monoisotopic (exact) mass is 231 g/mol. The summed E-state index contributed by atoms with van der Waals surface area (Å²) in [6.45, 7) is 8.44. The van der Waals surface area contributed by atoms with Crippen molar-refractivity contribution in [1.82, 2.24) is 26.6 Å². The summed E-state index contributed by atoms with van der Waals surface area (Å²) in [5.74, 6) is 0. The first-order valence-electron chi connectivity index (χ1n) is 5.84. The van der Waals surface area contributed by atoms with Gasteiger partial charge in [0.2, 0.25) is 0 Å².